The molecule has 1 aromatic carbocycles. The van der Waals surface area contributed by atoms with Gasteiger partial charge in [-0.15, -0.1) is 11.3 Å². The molecule has 3 rings (SSSR count). The Morgan fingerprint density at radius 2 is 1.93 bits per heavy atom. The third kappa shape index (κ3) is 5.73. The summed E-state index contributed by atoms with van der Waals surface area (Å²) in [6.07, 6.45) is 0.0885. The molecule has 1 aromatic heterocycles. The Morgan fingerprint density at radius 1 is 1.17 bits per heavy atom. The standard InChI is InChI=1S/C21H25N3O5S/c1-3-24(21(27)12-16(22-14(2)25)19-5-4-10-30-19)13-20(26)23-15-6-7-17-18(11-15)29-9-8-28-17/h4-7,10-11,16H,3,8-9,12-13H2,1-2H3,(H,22,25)(H,23,26). The lowest BCUT2D eigenvalue weighted by atomic mass is 10.1. The van der Waals surface area contributed by atoms with Gasteiger partial charge < -0.3 is 25.0 Å². The number of nitrogens with zero attached hydrogens (tertiary/aromatic N) is 1. The normalized spacial score (nSPS) is 13.3. The highest BCUT2D eigenvalue weighted by Crippen LogP contribution is 2.32. The molecule has 9 heteroatoms. The van der Waals surface area contributed by atoms with Gasteiger partial charge in [0.15, 0.2) is 11.5 Å². The summed E-state index contributed by atoms with van der Waals surface area (Å²) in [6, 6.07) is 8.51. The van der Waals surface area contributed by atoms with E-state index in [0.717, 1.165) is 4.88 Å². The van der Waals surface area contributed by atoms with E-state index in [1.165, 1.54) is 23.2 Å². The molecule has 2 N–H and O–H groups in total. The van der Waals surface area contributed by atoms with Crippen LogP contribution in [0, 0.1) is 0 Å². The number of benzene rings is 1. The summed E-state index contributed by atoms with van der Waals surface area (Å²) in [5.74, 6) is 0.496. The third-order valence-corrected chi connectivity index (χ3v) is 5.52. The van der Waals surface area contributed by atoms with Gasteiger partial charge in [-0.1, -0.05) is 6.07 Å². The minimum Gasteiger partial charge on any atom is -0.486 e. The van der Waals surface area contributed by atoms with Gasteiger partial charge in [0.25, 0.3) is 0 Å². The van der Waals surface area contributed by atoms with Gasteiger partial charge in [-0.05, 0) is 30.5 Å². The van der Waals surface area contributed by atoms with Crippen molar-refractivity contribution < 1.29 is 23.9 Å². The smallest absolute Gasteiger partial charge is 0.243 e. The van der Waals surface area contributed by atoms with Crippen molar-refractivity contribution in [3.05, 3.63) is 40.6 Å². The highest BCUT2D eigenvalue weighted by Gasteiger charge is 2.23. The summed E-state index contributed by atoms with van der Waals surface area (Å²) in [5.41, 5.74) is 0.572. The van der Waals surface area contributed by atoms with Crippen LogP contribution in [0.5, 0.6) is 11.5 Å². The molecule has 1 aliphatic heterocycles. The van der Waals surface area contributed by atoms with Crippen LogP contribution in [-0.4, -0.2) is 48.9 Å². The van der Waals surface area contributed by atoms with Gasteiger partial charge >= 0.3 is 0 Å². The van der Waals surface area contributed by atoms with Crippen LogP contribution in [0.3, 0.4) is 0 Å². The van der Waals surface area contributed by atoms with E-state index in [1.54, 1.807) is 18.2 Å². The van der Waals surface area contributed by atoms with E-state index in [9.17, 15) is 14.4 Å². The fraction of sp³-hybridized carbons (Fsp3) is 0.381. The Morgan fingerprint density at radius 3 is 2.60 bits per heavy atom. The predicted octanol–water partition coefficient (Wildman–Crippen LogP) is 2.57. The first-order valence-electron chi connectivity index (χ1n) is 9.74. The molecular formula is C21H25N3O5S. The highest BCUT2D eigenvalue weighted by molar-refractivity contribution is 7.10. The van der Waals surface area contributed by atoms with Gasteiger partial charge in [0.2, 0.25) is 17.7 Å². The average Bonchev–Trinajstić information content (AvgIpc) is 3.26. The zero-order valence-corrected chi connectivity index (χ0v) is 17.8. The van der Waals surface area contributed by atoms with Gasteiger partial charge in [-0.2, -0.15) is 0 Å². The molecule has 1 atom stereocenters. The average molecular weight is 432 g/mol. The Bertz CT molecular complexity index is 900. The first-order chi connectivity index (χ1) is 14.5. The second kappa shape index (κ2) is 10.1. The van der Waals surface area contributed by atoms with Crippen LogP contribution in [0.1, 0.15) is 31.2 Å². The molecule has 0 spiro atoms. The molecular weight excluding hydrogens is 406 g/mol. The van der Waals surface area contributed by atoms with Crippen molar-refractivity contribution in [2.45, 2.75) is 26.3 Å². The number of thiophene rings is 1. The minimum atomic E-state index is -0.412. The molecule has 0 aliphatic carbocycles. The molecule has 2 aromatic rings. The van der Waals surface area contributed by atoms with Crippen molar-refractivity contribution >= 4 is 34.7 Å². The molecule has 160 valence electrons. The summed E-state index contributed by atoms with van der Waals surface area (Å²) < 4.78 is 11.0. The number of rotatable bonds is 8. The van der Waals surface area contributed by atoms with Crippen LogP contribution >= 0.6 is 11.3 Å². The second-order valence-corrected chi connectivity index (χ2v) is 7.77. The lowest BCUT2D eigenvalue weighted by Crippen LogP contribution is -2.40. The van der Waals surface area contributed by atoms with Crippen LogP contribution in [0.25, 0.3) is 0 Å². The fourth-order valence-electron chi connectivity index (χ4n) is 3.13. The van der Waals surface area contributed by atoms with Crippen LogP contribution in [0.2, 0.25) is 0 Å². The first-order valence-corrected chi connectivity index (χ1v) is 10.6. The van der Waals surface area contributed by atoms with E-state index in [2.05, 4.69) is 10.6 Å². The molecule has 0 saturated heterocycles. The maximum absolute atomic E-state index is 12.8. The van der Waals surface area contributed by atoms with Gasteiger partial charge in [0, 0.05) is 30.1 Å². The minimum absolute atomic E-state index is 0.0823. The predicted molar refractivity (Wildman–Crippen MR) is 114 cm³/mol. The summed E-state index contributed by atoms with van der Waals surface area (Å²) >= 11 is 1.47. The van der Waals surface area contributed by atoms with Crippen LogP contribution in [0.4, 0.5) is 5.69 Å². The van der Waals surface area contributed by atoms with Gasteiger partial charge in [-0.25, -0.2) is 0 Å². The lowest BCUT2D eigenvalue weighted by molar-refractivity contribution is -0.135. The molecule has 2 heterocycles. The van der Waals surface area contributed by atoms with Crippen molar-refractivity contribution in [2.24, 2.45) is 0 Å². The van der Waals surface area contributed by atoms with Gasteiger partial charge in [0.05, 0.1) is 19.0 Å². The largest absolute Gasteiger partial charge is 0.486 e. The van der Waals surface area contributed by atoms with E-state index in [4.69, 9.17) is 9.47 Å². The topological polar surface area (TPSA) is 97.0 Å². The van der Waals surface area contributed by atoms with Crippen molar-refractivity contribution in [2.75, 3.05) is 31.6 Å². The molecule has 30 heavy (non-hydrogen) atoms. The number of carbonyl (C=O) groups is 3. The molecule has 0 bridgehead atoms. The molecule has 0 radical (unpaired) electrons. The van der Waals surface area contributed by atoms with E-state index in [1.807, 2.05) is 24.4 Å². The van der Waals surface area contributed by atoms with E-state index >= 15 is 0 Å². The van der Waals surface area contributed by atoms with Crippen molar-refractivity contribution in [3.8, 4) is 11.5 Å². The van der Waals surface area contributed by atoms with Crippen molar-refractivity contribution in [1.29, 1.82) is 0 Å². The summed E-state index contributed by atoms with van der Waals surface area (Å²) in [5, 5.41) is 7.50. The Kier molecular flexibility index (Phi) is 7.29. The SMILES string of the molecule is CCN(CC(=O)Nc1ccc2c(c1)OCCO2)C(=O)CC(NC(C)=O)c1cccs1. The molecule has 1 unspecified atom stereocenters. The molecule has 0 saturated carbocycles. The van der Waals surface area contributed by atoms with E-state index in [0.29, 0.717) is 36.9 Å². The number of hydrogen-bond acceptors (Lipinski definition) is 6. The number of carbonyl (C=O) groups excluding carboxylic acids is 3. The van der Waals surface area contributed by atoms with E-state index < -0.39 is 6.04 Å². The van der Waals surface area contributed by atoms with Crippen LogP contribution < -0.4 is 20.1 Å². The van der Waals surface area contributed by atoms with Gasteiger partial charge in [0.1, 0.15) is 13.2 Å². The number of fused-ring (bicyclic) bond motifs is 1. The zero-order valence-electron chi connectivity index (χ0n) is 17.0. The molecule has 3 amide bonds. The number of hydrogen-bond donors (Lipinski definition) is 2. The Balaban J connectivity index is 1.60. The van der Waals surface area contributed by atoms with Crippen molar-refractivity contribution in [3.63, 3.8) is 0 Å². The first kappa shape index (κ1) is 21.6. The summed E-state index contributed by atoms with van der Waals surface area (Å²) in [7, 11) is 0. The molecule has 0 fully saturated rings. The maximum atomic E-state index is 12.8. The number of anilines is 1. The third-order valence-electron chi connectivity index (χ3n) is 4.54. The molecule has 1 aliphatic rings. The summed E-state index contributed by atoms with van der Waals surface area (Å²) in [4.78, 5) is 39.2. The number of nitrogens with one attached hydrogen (secondary N) is 2. The van der Waals surface area contributed by atoms with Crippen LogP contribution in [-0.2, 0) is 14.4 Å². The number of amides is 3. The van der Waals surface area contributed by atoms with E-state index in [-0.39, 0.29) is 30.7 Å². The number of likely N-dealkylation sites (N-methyl/N-ethyl adjacent to an activating group) is 1. The Labute approximate surface area is 179 Å². The maximum Gasteiger partial charge on any atom is 0.243 e. The molecule has 8 nitrogen and oxygen atoms in total. The van der Waals surface area contributed by atoms with Crippen molar-refractivity contribution in [1.82, 2.24) is 10.2 Å². The fourth-order valence-corrected chi connectivity index (χ4v) is 3.91. The second-order valence-electron chi connectivity index (χ2n) is 6.79. The van der Waals surface area contributed by atoms with Gasteiger partial charge in [-0.3, -0.25) is 14.4 Å². The monoisotopic (exact) mass is 431 g/mol. The summed E-state index contributed by atoms with van der Waals surface area (Å²) in [6.45, 7) is 4.49. The zero-order chi connectivity index (χ0) is 21.5. The quantitative estimate of drug-likeness (QED) is 0.670. The number of ether oxygens (including phenoxy) is 2. The highest BCUT2D eigenvalue weighted by atomic mass is 32.1. The van der Waals surface area contributed by atoms with Crippen LogP contribution in [0.15, 0.2) is 35.7 Å². The lowest BCUT2D eigenvalue weighted by Gasteiger charge is -2.24. The Hall–Kier alpha value is -3.07.